The number of carboxylic acid groups (broad SMARTS) is 1. The molecule has 114 heavy (non-hydrogen) atoms. The molecule has 0 spiro atoms. The fourth-order valence-electron chi connectivity index (χ4n) is 13.4. The third-order valence-corrected chi connectivity index (χ3v) is 20.1. The normalized spacial score (nSPS) is 19.4. The number of nitrogens with one attached hydrogen (secondary N) is 8. The lowest BCUT2D eigenvalue weighted by molar-refractivity contribution is -0.145. The highest BCUT2D eigenvalue weighted by atomic mass is 32.1. The van der Waals surface area contributed by atoms with Gasteiger partial charge in [-0.25, -0.2) is 14.4 Å². The predicted octanol–water partition coefficient (Wildman–Crippen LogP) is -5.37. The number of allylic oxidation sites excluding steroid dienone is 3. The quantitative estimate of drug-likeness (QED) is 0.0156. The number of benzene rings is 3. The van der Waals surface area contributed by atoms with Crippen molar-refractivity contribution in [2.75, 3.05) is 90.7 Å². The van der Waals surface area contributed by atoms with Crippen molar-refractivity contribution in [3.63, 3.8) is 0 Å². The molecule has 3 aromatic carbocycles. The number of primary amides is 1. The molecule has 0 radical (unpaired) electrons. The lowest BCUT2D eigenvalue weighted by Gasteiger charge is -2.32. The molecule has 3 saturated heterocycles. The molecule has 4 heterocycles. The van der Waals surface area contributed by atoms with Crippen LogP contribution in [0.2, 0.25) is 0 Å². The molecule has 0 bridgehead atoms. The van der Waals surface area contributed by atoms with Crippen molar-refractivity contribution >= 4 is 119 Å². The van der Waals surface area contributed by atoms with Crippen LogP contribution in [-0.4, -0.2) is 307 Å². The highest BCUT2D eigenvalue weighted by molar-refractivity contribution is 7.80. The molecule has 11 amide bonds. The number of aliphatic hydroxyl groups excluding tert-OH is 6. The molecule has 13 atom stereocenters. The maximum absolute atomic E-state index is 14.4. The van der Waals surface area contributed by atoms with Crippen LogP contribution in [0.1, 0.15) is 69.1 Å². The average molecular weight is 1630 g/mol. The minimum absolute atomic E-state index is 0.0180. The van der Waals surface area contributed by atoms with E-state index < -0.39 is 202 Å². The SMILES string of the molecule is C[C@@H](O)[C@H](NC(=O)[C@@H]1CCCN1C(=O)[C@H](CO)NC(=O)[C@H](Cc1ccc(O)cc1)NC(=O)[C@H](CO)NC(=O)[C@@H]1CCCN1C(=O)[C@H](CO)NC(=O)[C@@H](NC(=S)/N=C1\C=CC(=C2c3ccc(N(C)C)cc3Oc3cc(N(C)C)ccc32)C(C(=O)O)=C1)[C@@H](C)O)C(=O)N[C@@H](COP(=O)(O)O)C(=O)N1CCC[C@H]1C(=O)N[C@@H](CO)C(N)=O. The number of aliphatic imine (C=N–C) groups is 1. The molecule has 4 aliphatic heterocycles. The van der Waals surface area contributed by atoms with Crippen LogP contribution in [0.5, 0.6) is 17.2 Å². The number of nitrogens with zero attached hydrogens (tertiary/aromatic N) is 6. The van der Waals surface area contributed by atoms with Gasteiger partial charge in [0.25, 0.3) is 0 Å². The minimum Gasteiger partial charge on any atom is -0.508 e. The summed E-state index contributed by atoms with van der Waals surface area (Å²) in [5.41, 5.74) is 9.09. The number of ether oxygens (including phenoxy) is 1. The summed E-state index contributed by atoms with van der Waals surface area (Å²) in [5, 5.41) is 102. The van der Waals surface area contributed by atoms with Gasteiger partial charge in [-0.3, -0.25) is 57.3 Å². The molecular weight excluding hydrogens is 1540 g/mol. The molecule has 3 aromatic rings. The summed E-state index contributed by atoms with van der Waals surface area (Å²) in [6.07, 6.45) is 0.807. The van der Waals surface area contributed by atoms with Gasteiger partial charge in [-0.2, -0.15) is 0 Å². The van der Waals surface area contributed by atoms with Gasteiger partial charge in [0.05, 0.1) is 56.5 Å². The Morgan fingerprint density at radius 1 is 0.579 bits per heavy atom. The molecule has 20 N–H and O–H groups in total. The summed E-state index contributed by atoms with van der Waals surface area (Å²) in [4.78, 5) is 195. The number of phosphoric acid groups is 1. The molecule has 0 saturated carbocycles. The summed E-state index contributed by atoms with van der Waals surface area (Å²) in [7, 11) is 2.10. The number of anilines is 2. The smallest absolute Gasteiger partial charge is 0.469 e. The number of fused-ring (bicyclic) bond motifs is 2. The zero-order chi connectivity index (χ0) is 83.9. The molecule has 0 aromatic heterocycles. The zero-order valence-electron chi connectivity index (χ0n) is 62.8. The number of carboxylic acids is 1. The maximum atomic E-state index is 14.4. The topological polar surface area (TPSA) is 593 Å². The molecule has 5 aliphatic rings. The number of phosphoric ester groups is 1. The van der Waals surface area contributed by atoms with E-state index in [4.69, 9.17) is 22.7 Å². The largest absolute Gasteiger partial charge is 0.508 e. The lowest BCUT2D eigenvalue weighted by atomic mass is 9.84. The molecular formula is C72H94N15O25PS. The number of phenolic OH excluding ortho intramolecular Hbond substituents is 1. The monoisotopic (exact) mass is 1630 g/mol. The summed E-state index contributed by atoms with van der Waals surface area (Å²) in [6.45, 7) is -3.70. The van der Waals surface area contributed by atoms with Gasteiger partial charge < -0.3 is 128 Å². The maximum Gasteiger partial charge on any atom is 0.469 e. The van der Waals surface area contributed by atoms with Gasteiger partial charge in [0, 0.05) is 94.5 Å². The third kappa shape index (κ3) is 22.1. The molecule has 42 heteroatoms. The van der Waals surface area contributed by atoms with Gasteiger partial charge in [0.2, 0.25) is 65.0 Å². The Hall–Kier alpha value is -10.8. The standard InChI is InChI=1S/C72H94N15O25PS/c1-35(92)58(66(101)80-51(34-111-113(108,109)110)70(105)87-25-8-10-52(87)63(98)76-47(30-88)60(73)95)81-65(100)54-12-9-24-86(54)68(103)49(32-90)78-61(96)46(26-37-13-18-41(94)19-14-37)75-62(97)48(31-89)77-64(99)53-11-7-23-85(53)69(104)50(33-91)79-67(102)59(36(2)93)82-72(114)74-38-15-20-42(45(27-38)71(106)107)57-43-21-16-39(83(3)4)28-55(43)112-56-29-40(84(5)6)17-22-44(56)57/h13-22,27-29,35-36,46-54,58-59,88-94H,7-12,23-26,30-34H2,1-6H3,(H2,73,95)(H,75,97)(H,76,98)(H,77,99)(H,78,96)(H,79,102)(H,80,101)(H,81,100)(H,82,114)(H,106,107)(H2,108,109,110)/b74-38+/t35-,36-,46+,47+,48+,49+,50+,51+,52+,53+,54+,58+,59+/m1/s1. The first-order valence-corrected chi connectivity index (χ1v) is 38.0. The Morgan fingerprint density at radius 3 is 1.44 bits per heavy atom. The summed E-state index contributed by atoms with van der Waals surface area (Å²) in [5.74, 6) is -12.8. The Kier molecular flexibility index (Phi) is 30.6. The van der Waals surface area contributed by atoms with Crippen molar-refractivity contribution in [1.29, 1.82) is 0 Å². The van der Waals surface area contributed by atoms with Gasteiger partial charge in [-0.05, 0) is 124 Å². The van der Waals surface area contributed by atoms with E-state index in [2.05, 4.69) is 52.1 Å². The van der Waals surface area contributed by atoms with E-state index in [-0.39, 0.29) is 80.8 Å². The number of hydrogen-bond acceptors (Lipinski definition) is 25. The number of aromatic hydroxyl groups is 1. The van der Waals surface area contributed by atoms with E-state index in [0.717, 1.165) is 33.0 Å². The van der Waals surface area contributed by atoms with Crippen LogP contribution < -0.4 is 62.8 Å². The Morgan fingerprint density at radius 2 is 1.00 bits per heavy atom. The number of carbonyl (C=O) groups is 12. The van der Waals surface area contributed by atoms with Crippen molar-refractivity contribution in [1.82, 2.24) is 57.2 Å². The van der Waals surface area contributed by atoms with E-state index in [1.54, 1.807) is 6.08 Å². The second-order valence-electron chi connectivity index (χ2n) is 27.9. The predicted molar refractivity (Wildman–Crippen MR) is 408 cm³/mol. The number of phenols is 1. The zero-order valence-corrected chi connectivity index (χ0v) is 64.5. The van der Waals surface area contributed by atoms with Gasteiger partial charge in [0.1, 0.15) is 83.7 Å². The van der Waals surface area contributed by atoms with E-state index >= 15 is 0 Å². The molecule has 618 valence electrons. The third-order valence-electron chi connectivity index (χ3n) is 19.4. The number of thiocarbonyl (C=S) groups is 1. The molecule has 1 aliphatic carbocycles. The average Bonchev–Trinajstić information content (AvgIpc) is 0.960. The first-order chi connectivity index (χ1) is 53.9. The number of likely N-dealkylation sites (tertiary alicyclic amines) is 3. The van der Waals surface area contributed by atoms with Crippen LogP contribution in [0, 0.1) is 0 Å². The fraction of sp³-hybridized carbons (Fsp3) is 0.472. The molecule has 8 rings (SSSR count). The molecule has 40 nitrogen and oxygen atoms in total. The number of carbonyl (C=O) groups excluding carboxylic acids is 11. The van der Waals surface area contributed by atoms with E-state index in [0.29, 0.717) is 33.8 Å². The van der Waals surface area contributed by atoms with E-state index in [1.807, 2.05) is 74.4 Å². The number of aliphatic hydroxyl groups is 6. The number of rotatable bonds is 33. The second-order valence-corrected chi connectivity index (χ2v) is 29.5. The van der Waals surface area contributed by atoms with Crippen molar-refractivity contribution < 1.29 is 122 Å². The van der Waals surface area contributed by atoms with Gasteiger partial charge >= 0.3 is 13.8 Å². The van der Waals surface area contributed by atoms with Crippen LogP contribution >= 0.6 is 20.0 Å². The highest BCUT2D eigenvalue weighted by Gasteiger charge is 2.45. The minimum atomic E-state index is -5.37. The van der Waals surface area contributed by atoms with Crippen molar-refractivity contribution in [3.8, 4) is 17.2 Å². The van der Waals surface area contributed by atoms with Crippen LogP contribution in [0.25, 0.3) is 5.57 Å². The summed E-state index contributed by atoms with van der Waals surface area (Å²) >= 11 is 5.50. The molecule has 0 unspecified atom stereocenters. The van der Waals surface area contributed by atoms with E-state index in [9.17, 15) is 113 Å². The lowest BCUT2D eigenvalue weighted by Crippen LogP contribution is -2.62. The van der Waals surface area contributed by atoms with Crippen molar-refractivity contribution in [2.45, 2.75) is 137 Å². The Labute approximate surface area is 658 Å². The Balaban J connectivity index is 0.906. The number of hydrogen-bond donors (Lipinski definition) is 19. The van der Waals surface area contributed by atoms with Crippen LogP contribution in [0.4, 0.5) is 11.4 Å². The first-order valence-electron chi connectivity index (χ1n) is 36.1. The van der Waals surface area contributed by atoms with Crippen LogP contribution in [0.3, 0.4) is 0 Å². The second kappa shape index (κ2) is 39.3. The van der Waals surface area contributed by atoms with E-state index in [1.165, 1.54) is 43.3 Å². The van der Waals surface area contributed by atoms with Crippen LogP contribution in [0.15, 0.2) is 95.0 Å². The summed E-state index contributed by atoms with van der Waals surface area (Å²) < 4.78 is 22.8. The van der Waals surface area contributed by atoms with Crippen LogP contribution in [-0.2, 0) is 73.0 Å². The highest BCUT2D eigenvalue weighted by Crippen LogP contribution is 2.49. The summed E-state index contributed by atoms with van der Waals surface area (Å²) in [6, 6.07) is -2.47. The first kappa shape index (κ1) is 88.7. The van der Waals surface area contributed by atoms with Gasteiger partial charge in [-0.1, -0.05) is 18.2 Å². The van der Waals surface area contributed by atoms with Crippen molar-refractivity contribution in [3.05, 3.63) is 107 Å². The number of nitrogens with two attached hydrogens (primary N) is 1. The number of amides is 11. The van der Waals surface area contributed by atoms with Crippen molar-refractivity contribution in [2.24, 2.45) is 10.7 Å². The fourth-order valence-corrected chi connectivity index (χ4v) is 13.9. The van der Waals surface area contributed by atoms with Gasteiger partial charge in [0.15, 0.2) is 5.11 Å². The molecule has 3 fully saturated rings. The van der Waals surface area contributed by atoms with Gasteiger partial charge in [-0.15, -0.1) is 0 Å². The number of aliphatic carboxylic acids is 1. The Bertz CT molecular complexity index is 4300.